The summed E-state index contributed by atoms with van der Waals surface area (Å²) < 4.78 is 0. The molecule has 0 bridgehead atoms. The Morgan fingerprint density at radius 3 is 2.72 bits per heavy atom. The second-order valence-electron chi connectivity index (χ2n) is 7.12. The number of nitrogens with zero attached hydrogens (tertiary/aromatic N) is 1. The number of nitrogens with one attached hydrogen (secondary N) is 2. The molecule has 3 atom stereocenters. The molecule has 2 fully saturated rings. The number of amides is 3. The Labute approximate surface area is 145 Å². The van der Waals surface area contributed by atoms with Gasteiger partial charge < -0.3 is 16.0 Å². The highest BCUT2D eigenvalue weighted by molar-refractivity contribution is 6.05. The van der Waals surface area contributed by atoms with Gasteiger partial charge in [0.2, 0.25) is 11.8 Å². The first-order valence-electron chi connectivity index (χ1n) is 8.78. The molecule has 0 aromatic heterocycles. The van der Waals surface area contributed by atoms with Gasteiger partial charge in [0, 0.05) is 37.2 Å². The molecular formula is C18H22N4O3. The maximum Gasteiger partial charge on any atom is 0.255 e. The summed E-state index contributed by atoms with van der Waals surface area (Å²) in [5, 5.41) is 5.75. The fourth-order valence-electron chi connectivity index (χ4n) is 3.74. The van der Waals surface area contributed by atoms with E-state index < -0.39 is 6.04 Å². The zero-order chi connectivity index (χ0) is 17.6. The molecule has 25 heavy (non-hydrogen) atoms. The zero-order valence-corrected chi connectivity index (χ0v) is 14.0. The summed E-state index contributed by atoms with van der Waals surface area (Å²) in [7, 11) is 0. The van der Waals surface area contributed by atoms with Crippen LogP contribution in [0, 0.1) is 0 Å². The molecule has 4 rings (SSSR count). The molecule has 2 aliphatic heterocycles. The van der Waals surface area contributed by atoms with Gasteiger partial charge in [0.15, 0.2) is 0 Å². The SMILES string of the molecule is N[C@@H]1CC[C@H]1NCc1ccc2c(c1)C(=O)N(C1CCC(=O)NC1=O)C2. The predicted molar refractivity (Wildman–Crippen MR) is 90.3 cm³/mol. The van der Waals surface area contributed by atoms with E-state index in [1.807, 2.05) is 18.2 Å². The van der Waals surface area contributed by atoms with E-state index >= 15 is 0 Å². The van der Waals surface area contributed by atoms with E-state index in [9.17, 15) is 14.4 Å². The van der Waals surface area contributed by atoms with Gasteiger partial charge >= 0.3 is 0 Å². The maximum absolute atomic E-state index is 12.8. The van der Waals surface area contributed by atoms with E-state index in [0.29, 0.717) is 31.1 Å². The van der Waals surface area contributed by atoms with Crippen molar-refractivity contribution in [2.24, 2.45) is 5.73 Å². The van der Waals surface area contributed by atoms with Gasteiger partial charge in [-0.05, 0) is 36.5 Å². The summed E-state index contributed by atoms with van der Waals surface area (Å²) in [6.45, 7) is 1.10. The van der Waals surface area contributed by atoms with E-state index in [1.165, 1.54) is 0 Å². The summed E-state index contributed by atoms with van der Waals surface area (Å²) in [5.41, 5.74) is 8.56. The van der Waals surface area contributed by atoms with Crippen LogP contribution in [0.5, 0.6) is 0 Å². The van der Waals surface area contributed by atoms with Crippen molar-refractivity contribution in [3.63, 3.8) is 0 Å². The lowest BCUT2D eigenvalue weighted by Crippen LogP contribution is -2.52. The van der Waals surface area contributed by atoms with Crippen molar-refractivity contribution in [2.45, 2.75) is 56.9 Å². The number of benzene rings is 1. The van der Waals surface area contributed by atoms with Crippen LogP contribution in [0.4, 0.5) is 0 Å². The lowest BCUT2D eigenvalue weighted by atomic mass is 9.87. The minimum atomic E-state index is -0.563. The number of hydrogen-bond acceptors (Lipinski definition) is 5. The van der Waals surface area contributed by atoms with E-state index in [0.717, 1.165) is 24.0 Å². The average molecular weight is 342 g/mol. The van der Waals surface area contributed by atoms with Crippen LogP contribution in [-0.4, -0.2) is 40.7 Å². The summed E-state index contributed by atoms with van der Waals surface area (Å²) in [4.78, 5) is 37.7. The summed E-state index contributed by atoms with van der Waals surface area (Å²) in [6.07, 6.45) is 2.81. The number of hydrogen-bond donors (Lipinski definition) is 3. The van der Waals surface area contributed by atoms with Crippen LogP contribution in [0.1, 0.15) is 47.2 Å². The number of imide groups is 1. The van der Waals surface area contributed by atoms with Crippen LogP contribution in [0.25, 0.3) is 0 Å². The van der Waals surface area contributed by atoms with Gasteiger partial charge in [0.05, 0.1) is 0 Å². The smallest absolute Gasteiger partial charge is 0.255 e. The molecule has 0 spiro atoms. The Hall–Kier alpha value is -2.25. The fourth-order valence-corrected chi connectivity index (χ4v) is 3.74. The first-order valence-corrected chi connectivity index (χ1v) is 8.78. The lowest BCUT2D eigenvalue weighted by molar-refractivity contribution is -0.136. The van der Waals surface area contributed by atoms with Gasteiger partial charge in [0.25, 0.3) is 5.91 Å². The molecule has 3 amide bonds. The van der Waals surface area contributed by atoms with Gasteiger partial charge in [-0.3, -0.25) is 19.7 Å². The molecule has 7 nitrogen and oxygen atoms in total. The highest BCUT2D eigenvalue weighted by atomic mass is 16.2. The number of fused-ring (bicyclic) bond motifs is 1. The largest absolute Gasteiger partial charge is 0.326 e. The van der Waals surface area contributed by atoms with Crippen molar-refractivity contribution in [1.82, 2.24) is 15.5 Å². The predicted octanol–water partition coefficient (Wildman–Crippen LogP) is 0.0269. The second kappa shape index (κ2) is 6.24. The van der Waals surface area contributed by atoms with Crippen molar-refractivity contribution in [1.29, 1.82) is 0 Å². The Morgan fingerprint density at radius 2 is 2.04 bits per heavy atom. The van der Waals surface area contributed by atoms with Gasteiger partial charge in [-0.1, -0.05) is 12.1 Å². The Bertz CT molecular complexity index is 748. The van der Waals surface area contributed by atoms with Crippen molar-refractivity contribution in [3.8, 4) is 0 Å². The minimum Gasteiger partial charge on any atom is -0.326 e. The third kappa shape index (κ3) is 2.94. The quantitative estimate of drug-likeness (QED) is 0.670. The van der Waals surface area contributed by atoms with E-state index in [2.05, 4.69) is 10.6 Å². The topological polar surface area (TPSA) is 105 Å². The molecule has 132 valence electrons. The number of rotatable bonds is 4. The zero-order valence-electron chi connectivity index (χ0n) is 14.0. The van der Waals surface area contributed by atoms with Crippen molar-refractivity contribution in [3.05, 3.63) is 34.9 Å². The summed E-state index contributed by atoms with van der Waals surface area (Å²) in [5.74, 6) is -0.780. The van der Waals surface area contributed by atoms with Gasteiger partial charge in [-0.15, -0.1) is 0 Å². The van der Waals surface area contributed by atoms with Crippen LogP contribution >= 0.6 is 0 Å². The van der Waals surface area contributed by atoms with Gasteiger partial charge in [-0.2, -0.15) is 0 Å². The molecule has 0 radical (unpaired) electrons. The second-order valence-corrected chi connectivity index (χ2v) is 7.12. The Balaban J connectivity index is 1.46. The standard InChI is InChI=1S/C18H22N4O3/c19-13-3-4-14(13)20-8-10-1-2-11-9-22(18(25)12(11)7-10)15-5-6-16(23)21-17(15)24/h1-2,7,13-15,20H,3-6,8-9,19H2,(H,21,23,24)/t13-,14-,15?/m1/s1. The van der Waals surface area contributed by atoms with Crippen LogP contribution in [0.3, 0.4) is 0 Å². The fraction of sp³-hybridized carbons (Fsp3) is 0.500. The number of nitrogens with two attached hydrogens (primary N) is 1. The number of piperidine rings is 1. The highest BCUT2D eigenvalue weighted by Crippen LogP contribution is 2.28. The molecular weight excluding hydrogens is 320 g/mol. The molecule has 2 heterocycles. The molecule has 1 unspecified atom stereocenters. The molecule has 7 heteroatoms. The first-order chi connectivity index (χ1) is 12.0. The Morgan fingerprint density at radius 1 is 1.20 bits per heavy atom. The number of carbonyl (C=O) groups is 3. The molecule has 1 aromatic rings. The van der Waals surface area contributed by atoms with E-state index in [4.69, 9.17) is 5.73 Å². The van der Waals surface area contributed by atoms with Crippen LogP contribution in [0.15, 0.2) is 18.2 Å². The average Bonchev–Trinajstić information content (AvgIpc) is 2.90. The summed E-state index contributed by atoms with van der Waals surface area (Å²) in [6, 6.07) is 5.88. The van der Waals surface area contributed by atoms with Crippen molar-refractivity contribution >= 4 is 17.7 Å². The van der Waals surface area contributed by atoms with Crippen LogP contribution < -0.4 is 16.4 Å². The van der Waals surface area contributed by atoms with E-state index in [1.54, 1.807) is 4.90 Å². The third-order valence-electron chi connectivity index (χ3n) is 5.49. The molecule has 4 N–H and O–H groups in total. The normalized spacial score (nSPS) is 28.6. The molecule has 1 aliphatic carbocycles. The molecule has 1 aromatic carbocycles. The monoisotopic (exact) mass is 342 g/mol. The highest BCUT2D eigenvalue weighted by Gasteiger charge is 2.39. The van der Waals surface area contributed by atoms with Crippen molar-refractivity contribution in [2.75, 3.05) is 0 Å². The van der Waals surface area contributed by atoms with Crippen molar-refractivity contribution < 1.29 is 14.4 Å². The van der Waals surface area contributed by atoms with Crippen LogP contribution in [0.2, 0.25) is 0 Å². The Kier molecular flexibility index (Phi) is 4.05. The first kappa shape index (κ1) is 16.2. The van der Waals surface area contributed by atoms with Gasteiger partial charge in [0.1, 0.15) is 6.04 Å². The lowest BCUT2D eigenvalue weighted by Gasteiger charge is -2.34. The molecule has 1 saturated heterocycles. The number of carbonyl (C=O) groups excluding carboxylic acids is 3. The van der Waals surface area contributed by atoms with Gasteiger partial charge in [-0.25, -0.2) is 0 Å². The molecule has 1 saturated carbocycles. The minimum absolute atomic E-state index is 0.133. The maximum atomic E-state index is 12.8. The third-order valence-corrected chi connectivity index (χ3v) is 5.49. The molecule has 3 aliphatic rings. The van der Waals surface area contributed by atoms with E-state index in [-0.39, 0.29) is 30.2 Å². The summed E-state index contributed by atoms with van der Waals surface area (Å²) >= 11 is 0. The van der Waals surface area contributed by atoms with Crippen LogP contribution in [-0.2, 0) is 22.7 Å².